The molecule has 0 aromatic heterocycles. The molecule has 1 aliphatic rings. The van der Waals surface area contributed by atoms with E-state index < -0.39 is 0 Å². The first-order chi connectivity index (χ1) is 12.1. The highest BCUT2D eigenvalue weighted by Gasteiger charge is 2.19. The molecule has 2 N–H and O–H groups in total. The Morgan fingerprint density at radius 2 is 2.00 bits per heavy atom. The van der Waals surface area contributed by atoms with Crippen molar-refractivity contribution in [2.75, 3.05) is 33.2 Å². The van der Waals surface area contributed by atoms with E-state index >= 15 is 0 Å². The van der Waals surface area contributed by atoms with Crippen molar-refractivity contribution in [3.63, 3.8) is 0 Å². The molecule has 1 unspecified atom stereocenters. The second-order valence-electron chi connectivity index (χ2n) is 6.99. The van der Waals surface area contributed by atoms with Crippen LogP contribution in [0.15, 0.2) is 35.3 Å². The SMILES string of the molecule is CCNC(=NCCC(C)N(C)Cc1ccccc1)N1CCC(O)CC1. The van der Waals surface area contributed by atoms with E-state index in [4.69, 9.17) is 4.99 Å². The molecule has 140 valence electrons. The molecule has 1 fully saturated rings. The van der Waals surface area contributed by atoms with E-state index in [2.05, 4.69) is 66.3 Å². The van der Waals surface area contributed by atoms with Crippen molar-refractivity contribution in [3.05, 3.63) is 35.9 Å². The first kappa shape index (κ1) is 19.7. The molecular formula is C20H34N4O. The van der Waals surface area contributed by atoms with Crippen molar-refractivity contribution in [1.29, 1.82) is 0 Å². The highest BCUT2D eigenvalue weighted by atomic mass is 16.3. The second kappa shape index (κ2) is 10.4. The molecule has 5 nitrogen and oxygen atoms in total. The highest BCUT2D eigenvalue weighted by Crippen LogP contribution is 2.11. The monoisotopic (exact) mass is 346 g/mol. The number of aliphatic imine (C=N–C) groups is 1. The standard InChI is InChI=1S/C20H34N4O/c1-4-21-20(24-14-11-19(25)12-15-24)22-13-10-17(2)23(3)16-18-8-6-5-7-9-18/h5-9,17,19,25H,4,10-16H2,1-3H3,(H,21,22). The van der Waals surface area contributed by atoms with Crippen molar-refractivity contribution in [2.45, 2.75) is 51.8 Å². The number of aliphatic hydroxyl groups is 1. The lowest BCUT2D eigenvalue weighted by Gasteiger charge is -2.32. The summed E-state index contributed by atoms with van der Waals surface area (Å²) in [6, 6.07) is 11.1. The van der Waals surface area contributed by atoms with Crippen molar-refractivity contribution in [2.24, 2.45) is 4.99 Å². The Hall–Kier alpha value is -1.59. The van der Waals surface area contributed by atoms with E-state index in [0.29, 0.717) is 6.04 Å². The Morgan fingerprint density at radius 3 is 2.64 bits per heavy atom. The highest BCUT2D eigenvalue weighted by molar-refractivity contribution is 5.80. The predicted molar refractivity (Wildman–Crippen MR) is 105 cm³/mol. The number of nitrogens with one attached hydrogen (secondary N) is 1. The zero-order chi connectivity index (χ0) is 18.1. The number of likely N-dealkylation sites (tertiary alicyclic amines) is 1. The molecular weight excluding hydrogens is 312 g/mol. The van der Waals surface area contributed by atoms with Crippen LogP contribution in [0.3, 0.4) is 0 Å². The van der Waals surface area contributed by atoms with Gasteiger partial charge in [-0.2, -0.15) is 0 Å². The van der Waals surface area contributed by atoms with E-state index in [9.17, 15) is 5.11 Å². The Labute approximate surface area is 152 Å². The molecule has 5 heteroatoms. The van der Waals surface area contributed by atoms with Crippen LogP contribution in [-0.2, 0) is 6.54 Å². The third-order valence-corrected chi connectivity index (χ3v) is 4.93. The summed E-state index contributed by atoms with van der Waals surface area (Å²) in [5.41, 5.74) is 1.35. The maximum Gasteiger partial charge on any atom is 0.193 e. The Bertz CT molecular complexity index is 512. The molecule has 1 saturated heterocycles. The minimum atomic E-state index is -0.147. The van der Waals surface area contributed by atoms with Gasteiger partial charge in [-0.15, -0.1) is 0 Å². The molecule has 1 aliphatic heterocycles. The van der Waals surface area contributed by atoms with Crippen LogP contribution in [0.4, 0.5) is 0 Å². The van der Waals surface area contributed by atoms with Gasteiger partial charge < -0.3 is 15.3 Å². The molecule has 1 aromatic rings. The molecule has 0 amide bonds. The van der Waals surface area contributed by atoms with Gasteiger partial charge in [-0.3, -0.25) is 9.89 Å². The van der Waals surface area contributed by atoms with Crippen molar-refractivity contribution >= 4 is 5.96 Å². The fourth-order valence-corrected chi connectivity index (χ4v) is 3.11. The van der Waals surface area contributed by atoms with E-state index in [1.54, 1.807) is 0 Å². The molecule has 0 radical (unpaired) electrons. The third kappa shape index (κ3) is 6.67. The summed E-state index contributed by atoms with van der Waals surface area (Å²) in [6.45, 7) is 8.80. The molecule has 25 heavy (non-hydrogen) atoms. The van der Waals surface area contributed by atoms with E-state index in [1.807, 2.05) is 0 Å². The maximum absolute atomic E-state index is 9.68. The average Bonchev–Trinajstić information content (AvgIpc) is 2.62. The minimum absolute atomic E-state index is 0.147. The second-order valence-corrected chi connectivity index (χ2v) is 6.99. The van der Waals surface area contributed by atoms with Gasteiger partial charge in [-0.05, 0) is 45.7 Å². The van der Waals surface area contributed by atoms with E-state index in [-0.39, 0.29) is 6.10 Å². The number of nitrogens with zero attached hydrogens (tertiary/aromatic N) is 3. The predicted octanol–water partition coefficient (Wildman–Crippen LogP) is 2.32. The fourth-order valence-electron chi connectivity index (χ4n) is 3.11. The van der Waals surface area contributed by atoms with Crippen LogP contribution in [0.25, 0.3) is 0 Å². The van der Waals surface area contributed by atoms with Crippen LogP contribution in [0.2, 0.25) is 0 Å². The zero-order valence-electron chi connectivity index (χ0n) is 16.0. The average molecular weight is 347 g/mol. The number of piperidine rings is 1. The lowest BCUT2D eigenvalue weighted by Crippen LogP contribution is -2.46. The van der Waals surface area contributed by atoms with Crippen LogP contribution in [0.1, 0.15) is 38.7 Å². The third-order valence-electron chi connectivity index (χ3n) is 4.93. The normalized spacial score (nSPS) is 17.8. The topological polar surface area (TPSA) is 51.1 Å². The van der Waals surface area contributed by atoms with Gasteiger partial charge in [0.1, 0.15) is 0 Å². The quantitative estimate of drug-likeness (QED) is 0.588. The summed E-state index contributed by atoms with van der Waals surface area (Å²) in [5.74, 6) is 0.993. The molecule has 0 spiro atoms. The van der Waals surface area contributed by atoms with Gasteiger partial charge in [-0.1, -0.05) is 30.3 Å². The number of hydrogen-bond donors (Lipinski definition) is 2. The molecule has 1 atom stereocenters. The number of aliphatic hydroxyl groups excluding tert-OH is 1. The molecule has 0 saturated carbocycles. The minimum Gasteiger partial charge on any atom is -0.393 e. The van der Waals surface area contributed by atoms with Gasteiger partial charge in [0.15, 0.2) is 5.96 Å². The largest absolute Gasteiger partial charge is 0.393 e. The van der Waals surface area contributed by atoms with Gasteiger partial charge in [0.2, 0.25) is 0 Å². The molecule has 2 rings (SSSR count). The molecule has 1 heterocycles. The Morgan fingerprint density at radius 1 is 1.32 bits per heavy atom. The van der Waals surface area contributed by atoms with Gasteiger partial charge in [0.25, 0.3) is 0 Å². The number of rotatable bonds is 7. The smallest absolute Gasteiger partial charge is 0.193 e. The summed E-state index contributed by atoms with van der Waals surface area (Å²) in [7, 11) is 2.18. The van der Waals surface area contributed by atoms with Crippen molar-refractivity contribution < 1.29 is 5.11 Å². The van der Waals surface area contributed by atoms with E-state index in [0.717, 1.165) is 57.9 Å². The lowest BCUT2D eigenvalue weighted by molar-refractivity contribution is 0.108. The Kier molecular flexibility index (Phi) is 8.22. The van der Waals surface area contributed by atoms with Gasteiger partial charge in [0, 0.05) is 38.8 Å². The van der Waals surface area contributed by atoms with E-state index in [1.165, 1.54) is 5.56 Å². The summed E-state index contributed by atoms with van der Waals surface area (Å²) in [5, 5.41) is 13.1. The van der Waals surface area contributed by atoms with Crippen LogP contribution in [0, 0.1) is 0 Å². The fraction of sp³-hybridized carbons (Fsp3) is 0.650. The van der Waals surface area contributed by atoms with Crippen LogP contribution < -0.4 is 5.32 Å². The number of guanidine groups is 1. The first-order valence-corrected chi connectivity index (χ1v) is 9.55. The maximum atomic E-state index is 9.68. The molecule has 0 bridgehead atoms. The van der Waals surface area contributed by atoms with Crippen molar-refractivity contribution in [3.8, 4) is 0 Å². The lowest BCUT2D eigenvalue weighted by atomic mass is 10.1. The number of hydrogen-bond acceptors (Lipinski definition) is 3. The van der Waals surface area contributed by atoms with Crippen LogP contribution >= 0.6 is 0 Å². The van der Waals surface area contributed by atoms with Crippen molar-refractivity contribution in [1.82, 2.24) is 15.1 Å². The van der Waals surface area contributed by atoms with Gasteiger partial charge in [-0.25, -0.2) is 0 Å². The van der Waals surface area contributed by atoms with Gasteiger partial charge in [0.05, 0.1) is 6.10 Å². The summed E-state index contributed by atoms with van der Waals surface area (Å²) in [4.78, 5) is 9.47. The zero-order valence-corrected chi connectivity index (χ0v) is 16.0. The first-order valence-electron chi connectivity index (χ1n) is 9.55. The summed E-state index contributed by atoms with van der Waals surface area (Å²) in [6.07, 6.45) is 2.56. The Balaban J connectivity index is 1.81. The molecule has 1 aromatic carbocycles. The summed E-state index contributed by atoms with van der Waals surface area (Å²) < 4.78 is 0. The molecule has 0 aliphatic carbocycles. The van der Waals surface area contributed by atoms with Crippen LogP contribution in [-0.4, -0.2) is 66.2 Å². The van der Waals surface area contributed by atoms with Crippen LogP contribution in [0.5, 0.6) is 0 Å². The van der Waals surface area contributed by atoms with Gasteiger partial charge >= 0.3 is 0 Å². The summed E-state index contributed by atoms with van der Waals surface area (Å²) >= 11 is 0. The number of benzene rings is 1.